The van der Waals surface area contributed by atoms with E-state index in [1.165, 1.54) is 12.8 Å². The number of methoxy groups -OCH3 is 1. The van der Waals surface area contributed by atoms with Gasteiger partial charge in [-0.25, -0.2) is 4.98 Å². The molecular weight excluding hydrogens is 216 g/mol. The first-order chi connectivity index (χ1) is 8.19. The molecule has 1 saturated carbocycles. The van der Waals surface area contributed by atoms with Gasteiger partial charge in [-0.3, -0.25) is 0 Å². The van der Waals surface area contributed by atoms with Gasteiger partial charge in [0.25, 0.3) is 0 Å². The van der Waals surface area contributed by atoms with Crippen LogP contribution in [0.3, 0.4) is 0 Å². The maximum absolute atomic E-state index is 5.55. The van der Waals surface area contributed by atoms with E-state index in [-0.39, 0.29) is 0 Å². The van der Waals surface area contributed by atoms with Crippen LogP contribution in [0, 0.1) is 13.8 Å². The Morgan fingerprint density at radius 1 is 1.29 bits per heavy atom. The molecule has 0 saturated heterocycles. The molecule has 1 aliphatic rings. The standard InChI is InChI=1S/C13H22N2O2/c1-9-10(2)17-13(15-9)8-14-11-4-6-12(16-3)7-5-11/h11-12,14H,4-8H2,1-3H3. The number of rotatable bonds is 4. The summed E-state index contributed by atoms with van der Waals surface area (Å²) < 4.78 is 10.9. The molecule has 1 aliphatic carbocycles. The van der Waals surface area contributed by atoms with Crippen molar-refractivity contribution >= 4 is 0 Å². The molecule has 1 fully saturated rings. The maximum atomic E-state index is 5.55. The number of oxazole rings is 1. The summed E-state index contributed by atoms with van der Waals surface area (Å²) in [4.78, 5) is 4.37. The summed E-state index contributed by atoms with van der Waals surface area (Å²) >= 11 is 0. The summed E-state index contributed by atoms with van der Waals surface area (Å²) in [6.07, 6.45) is 5.11. The first-order valence-corrected chi connectivity index (χ1v) is 6.38. The lowest BCUT2D eigenvalue weighted by Gasteiger charge is -2.27. The molecule has 0 amide bonds. The molecule has 4 heteroatoms. The molecule has 1 aromatic rings. The number of hydrogen-bond donors (Lipinski definition) is 1. The highest BCUT2D eigenvalue weighted by atomic mass is 16.5. The van der Waals surface area contributed by atoms with Gasteiger partial charge in [0.2, 0.25) is 5.89 Å². The van der Waals surface area contributed by atoms with Gasteiger partial charge in [0.1, 0.15) is 5.76 Å². The molecule has 1 aromatic heterocycles. The summed E-state index contributed by atoms with van der Waals surface area (Å²) in [6.45, 7) is 4.67. The van der Waals surface area contributed by atoms with E-state index in [1.807, 2.05) is 13.8 Å². The first kappa shape index (κ1) is 12.6. The lowest BCUT2D eigenvalue weighted by atomic mass is 9.93. The van der Waals surface area contributed by atoms with Gasteiger partial charge in [0, 0.05) is 13.2 Å². The smallest absolute Gasteiger partial charge is 0.208 e. The zero-order valence-electron chi connectivity index (χ0n) is 11.0. The molecule has 0 aliphatic heterocycles. The molecule has 1 N–H and O–H groups in total. The average Bonchev–Trinajstić information content (AvgIpc) is 2.67. The Bertz CT molecular complexity index is 335. The quantitative estimate of drug-likeness (QED) is 0.874. The average molecular weight is 238 g/mol. The zero-order chi connectivity index (χ0) is 12.3. The Kier molecular flexibility index (Phi) is 4.18. The molecule has 0 aromatic carbocycles. The van der Waals surface area contributed by atoms with E-state index >= 15 is 0 Å². The van der Waals surface area contributed by atoms with Crippen LogP contribution >= 0.6 is 0 Å². The molecule has 0 radical (unpaired) electrons. The second-order valence-electron chi connectivity index (χ2n) is 4.84. The molecule has 0 spiro atoms. The van der Waals surface area contributed by atoms with Crippen LogP contribution < -0.4 is 5.32 Å². The SMILES string of the molecule is COC1CCC(NCc2nc(C)c(C)o2)CC1. The number of ether oxygens (including phenoxy) is 1. The fraction of sp³-hybridized carbons (Fsp3) is 0.769. The normalized spacial score (nSPS) is 25.1. The lowest BCUT2D eigenvalue weighted by Crippen LogP contribution is -2.34. The van der Waals surface area contributed by atoms with Crippen molar-refractivity contribution in [1.29, 1.82) is 0 Å². The van der Waals surface area contributed by atoms with Crippen LogP contribution in [-0.2, 0) is 11.3 Å². The maximum Gasteiger partial charge on any atom is 0.208 e. The summed E-state index contributed by atoms with van der Waals surface area (Å²) in [5.74, 6) is 1.72. The highest BCUT2D eigenvalue weighted by molar-refractivity contribution is 5.05. The van der Waals surface area contributed by atoms with Crippen LogP contribution in [0.15, 0.2) is 4.42 Å². The van der Waals surface area contributed by atoms with E-state index in [2.05, 4.69) is 10.3 Å². The van der Waals surface area contributed by atoms with Gasteiger partial charge in [-0.15, -0.1) is 0 Å². The summed E-state index contributed by atoms with van der Waals surface area (Å²) in [6, 6.07) is 0.578. The molecule has 96 valence electrons. The Hall–Kier alpha value is -0.870. The molecule has 0 unspecified atom stereocenters. The fourth-order valence-corrected chi connectivity index (χ4v) is 2.35. The van der Waals surface area contributed by atoms with Gasteiger partial charge < -0.3 is 14.5 Å². The van der Waals surface area contributed by atoms with Crippen molar-refractivity contribution < 1.29 is 9.15 Å². The third kappa shape index (κ3) is 3.30. The highest BCUT2D eigenvalue weighted by Crippen LogP contribution is 2.21. The Balaban J connectivity index is 1.75. The van der Waals surface area contributed by atoms with E-state index in [9.17, 15) is 0 Å². The number of aryl methyl sites for hydroxylation is 2. The second kappa shape index (κ2) is 5.65. The first-order valence-electron chi connectivity index (χ1n) is 6.38. The van der Waals surface area contributed by atoms with Gasteiger partial charge in [-0.1, -0.05) is 0 Å². The highest BCUT2D eigenvalue weighted by Gasteiger charge is 2.20. The van der Waals surface area contributed by atoms with E-state index in [4.69, 9.17) is 9.15 Å². The lowest BCUT2D eigenvalue weighted by molar-refractivity contribution is 0.0621. The number of hydrogen-bond acceptors (Lipinski definition) is 4. The van der Waals surface area contributed by atoms with Gasteiger partial charge in [0.05, 0.1) is 18.3 Å². The van der Waals surface area contributed by atoms with Crippen LogP contribution in [0.25, 0.3) is 0 Å². The van der Waals surface area contributed by atoms with Crippen molar-refractivity contribution in [1.82, 2.24) is 10.3 Å². The molecule has 4 nitrogen and oxygen atoms in total. The molecule has 0 atom stereocenters. The minimum Gasteiger partial charge on any atom is -0.444 e. The minimum absolute atomic E-state index is 0.458. The fourth-order valence-electron chi connectivity index (χ4n) is 2.35. The van der Waals surface area contributed by atoms with Crippen molar-refractivity contribution in [3.8, 4) is 0 Å². The van der Waals surface area contributed by atoms with Crippen LogP contribution in [0.5, 0.6) is 0 Å². The van der Waals surface area contributed by atoms with Crippen LogP contribution in [-0.4, -0.2) is 24.2 Å². The van der Waals surface area contributed by atoms with E-state index in [0.717, 1.165) is 36.7 Å². The molecule has 0 bridgehead atoms. The van der Waals surface area contributed by atoms with Crippen molar-refractivity contribution in [3.63, 3.8) is 0 Å². The molecular formula is C13H22N2O2. The monoisotopic (exact) mass is 238 g/mol. The molecule has 17 heavy (non-hydrogen) atoms. The summed E-state index contributed by atoms with van der Waals surface area (Å²) in [7, 11) is 1.80. The van der Waals surface area contributed by atoms with E-state index in [1.54, 1.807) is 7.11 Å². The van der Waals surface area contributed by atoms with Gasteiger partial charge >= 0.3 is 0 Å². The van der Waals surface area contributed by atoms with Crippen molar-refractivity contribution in [2.45, 2.75) is 58.2 Å². The predicted molar refractivity (Wildman–Crippen MR) is 65.9 cm³/mol. The number of nitrogens with zero attached hydrogens (tertiary/aromatic N) is 1. The summed E-state index contributed by atoms with van der Waals surface area (Å²) in [5.41, 5.74) is 0.991. The van der Waals surface area contributed by atoms with Crippen LogP contribution in [0.2, 0.25) is 0 Å². The molecule has 1 heterocycles. The van der Waals surface area contributed by atoms with Gasteiger partial charge in [-0.05, 0) is 39.5 Å². The topological polar surface area (TPSA) is 47.3 Å². The Labute approximate surface area is 103 Å². The van der Waals surface area contributed by atoms with E-state index in [0.29, 0.717) is 12.1 Å². The third-order valence-corrected chi connectivity index (χ3v) is 3.62. The van der Waals surface area contributed by atoms with Crippen LogP contribution in [0.4, 0.5) is 0 Å². The van der Waals surface area contributed by atoms with Crippen molar-refractivity contribution in [3.05, 3.63) is 17.3 Å². The summed E-state index contributed by atoms with van der Waals surface area (Å²) in [5, 5.41) is 3.51. The second-order valence-corrected chi connectivity index (χ2v) is 4.84. The largest absolute Gasteiger partial charge is 0.444 e. The zero-order valence-corrected chi connectivity index (χ0v) is 11.0. The Morgan fingerprint density at radius 2 is 2.00 bits per heavy atom. The third-order valence-electron chi connectivity index (χ3n) is 3.62. The van der Waals surface area contributed by atoms with Gasteiger partial charge in [-0.2, -0.15) is 0 Å². The number of aromatic nitrogens is 1. The van der Waals surface area contributed by atoms with Crippen LogP contribution in [0.1, 0.15) is 43.0 Å². The number of nitrogens with one attached hydrogen (secondary N) is 1. The Morgan fingerprint density at radius 3 is 2.53 bits per heavy atom. The van der Waals surface area contributed by atoms with Gasteiger partial charge in [0.15, 0.2) is 0 Å². The minimum atomic E-state index is 0.458. The molecule has 2 rings (SSSR count). The predicted octanol–water partition coefficient (Wildman–Crippen LogP) is 2.34. The van der Waals surface area contributed by atoms with E-state index < -0.39 is 0 Å². The van der Waals surface area contributed by atoms with Crippen molar-refractivity contribution in [2.24, 2.45) is 0 Å². The van der Waals surface area contributed by atoms with Crippen molar-refractivity contribution in [2.75, 3.05) is 7.11 Å².